The van der Waals surface area contributed by atoms with Crippen LogP contribution in [0.4, 0.5) is 20.2 Å². The molecule has 0 saturated heterocycles. The highest BCUT2D eigenvalue weighted by molar-refractivity contribution is 5.93. The highest BCUT2D eigenvalue weighted by Gasteiger charge is 2.06. The van der Waals surface area contributed by atoms with Crippen LogP contribution in [0.25, 0.3) is 11.1 Å². The van der Waals surface area contributed by atoms with Gasteiger partial charge in [-0.15, -0.1) is 0 Å². The first-order chi connectivity index (χ1) is 12.1. The van der Waals surface area contributed by atoms with Crippen LogP contribution in [0, 0.1) is 11.6 Å². The highest BCUT2D eigenvalue weighted by Crippen LogP contribution is 2.21. The summed E-state index contributed by atoms with van der Waals surface area (Å²) in [6.45, 7) is -0.0111. The normalized spacial score (nSPS) is 10.3. The standard InChI is InChI=1S/C20H16F2N2O/c21-16-10-17(22)12-19(11-16)24-20(25)13-23-18-8-6-15(7-9-18)14-4-2-1-3-5-14/h1-12,23H,13H2,(H,24,25). The highest BCUT2D eigenvalue weighted by atomic mass is 19.1. The summed E-state index contributed by atoms with van der Waals surface area (Å²) in [5, 5.41) is 5.42. The van der Waals surface area contributed by atoms with Gasteiger partial charge in [0.05, 0.1) is 6.54 Å². The Hall–Kier alpha value is -3.21. The van der Waals surface area contributed by atoms with Gasteiger partial charge in [0.25, 0.3) is 0 Å². The third-order valence-corrected chi connectivity index (χ3v) is 3.59. The number of carbonyl (C=O) groups is 1. The molecule has 0 spiro atoms. The summed E-state index contributed by atoms with van der Waals surface area (Å²) in [5.74, 6) is -1.86. The lowest BCUT2D eigenvalue weighted by Gasteiger charge is -2.09. The Kier molecular flexibility index (Phi) is 5.04. The van der Waals surface area contributed by atoms with Crippen molar-refractivity contribution >= 4 is 17.3 Å². The summed E-state index contributed by atoms with van der Waals surface area (Å²) in [7, 11) is 0. The fourth-order valence-corrected chi connectivity index (χ4v) is 2.42. The molecule has 126 valence electrons. The monoisotopic (exact) mass is 338 g/mol. The van der Waals surface area contributed by atoms with Crippen LogP contribution < -0.4 is 10.6 Å². The Morgan fingerprint density at radius 3 is 2.00 bits per heavy atom. The summed E-state index contributed by atoms with van der Waals surface area (Å²) < 4.78 is 26.2. The number of amides is 1. The van der Waals surface area contributed by atoms with Crippen LogP contribution in [0.1, 0.15) is 0 Å². The second-order valence-electron chi connectivity index (χ2n) is 5.50. The molecule has 0 heterocycles. The summed E-state index contributed by atoms with van der Waals surface area (Å²) >= 11 is 0. The first kappa shape index (κ1) is 16.6. The van der Waals surface area contributed by atoms with Crippen LogP contribution in [0.2, 0.25) is 0 Å². The van der Waals surface area contributed by atoms with E-state index in [2.05, 4.69) is 10.6 Å². The molecule has 3 rings (SSSR count). The molecule has 0 aliphatic rings. The molecule has 0 unspecified atom stereocenters. The van der Waals surface area contributed by atoms with Gasteiger partial charge in [0.2, 0.25) is 5.91 Å². The van der Waals surface area contributed by atoms with Gasteiger partial charge in [0.15, 0.2) is 0 Å². The first-order valence-corrected chi connectivity index (χ1v) is 7.75. The summed E-state index contributed by atoms with van der Waals surface area (Å²) in [6, 6.07) is 20.5. The van der Waals surface area contributed by atoms with Crippen molar-refractivity contribution in [3.8, 4) is 11.1 Å². The third-order valence-electron chi connectivity index (χ3n) is 3.59. The number of hydrogen-bond donors (Lipinski definition) is 2. The van der Waals surface area contributed by atoms with E-state index >= 15 is 0 Å². The van der Waals surface area contributed by atoms with E-state index in [0.717, 1.165) is 35.0 Å². The molecule has 25 heavy (non-hydrogen) atoms. The average molecular weight is 338 g/mol. The number of rotatable bonds is 5. The van der Waals surface area contributed by atoms with E-state index in [4.69, 9.17) is 0 Å². The Balaban J connectivity index is 1.57. The molecule has 3 aromatic rings. The first-order valence-electron chi connectivity index (χ1n) is 7.75. The van der Waals surface area contributed by atoms with Gasteiger partial charge in [-0.3, -0.25) is 4.79 Å². The van der Waals surface area contributed by atoms with Gasteiger partial charge in [-0.2, -0.15) is 0 Å². The zero-order chi connectivity index (χ0) is 17.6. The molecule has 0 atom stereocenters. The Morgan fingerprint density at radius 2 is 1.36 bits per heavy atom. The molecule has 1 amide bonds. The van der Waals surface area contributed by atoms with E-state index in [1.54, 1.807) is 0 Å². The van der Waals surface area contributed by atoms with E-state index in [1.807, 2.05) is 54.6 Å². The van der Waals surface area contributed by atoms with Crippen LogP contribution in [0.3, 0.4) is 0 Å². The van der Waals surface area contributed by atoms with Gasteiger partial charge >= 0.3 is 0 Å². The van der Waals surface area contributed by atoms with E-state index in [0.29, 0.717) is 0 Å². The predicted molar refractivity (Wildman–Crippen MR) is 95.4 cm³/mol. The van der Waals surface area contributed by atoms with Crippen molar-refractivity contribution in [2.45, 2.75) is 0 Å². The molecule has 3 aromatic carbocycles. The maximum atomic E-state index is 13.1. The van der Waals surface area contributed by atoms with Gasteiger partial charge in [0.1, 0.15) is 11.6 Å². The average Bonchev–Trinajstić information content (AvgIpc) is 2.60. The molecule has 5 heteroatoms. The number of hydrogen-bond acceptors (Lipinski definition) is 2. The summed E-state index contributed by atoms with van der Waals surface area (Å²) in [4.78, 5) is 11.9. The Labute approximate surface area is 144 Å². The number of carbonyl (C=O) groups excluding carboxylic acids is 1. The van der Waals surface area contributed by atoms with Gasteiger partial charge in [-0.25, -0.2) is 8.78 Å². The maximum Gasteiger partial charge on any atom is 0.243 e. The molecule has 0 saturated carbocycles. The van der Waals surface area contributed by atoms with Crippen molar-refractivity contribution in [3.63, 3.8) is 0 Å². The van der Waals surface area contributed by atoms with Crippen LogP contribution >= 0.6 is 0 Å². The minimum Gasteiger partial charge on any atom is -0.376 e. The topological polar surface area (TPSA) is 41.1 Å². The molecule has 2 N–H and O–H groups in total. The van der Waals surface area contributed by atoms with Gasteiger partial charge < -0.3 is 10.6 Å². The maximum absolute atomic E-state index is 13.1. The van der Waals surface area contributed by atoms with Crippen molar-refractivity contribution in [1.29, 1.82) is 0 Å². The van der Waals surface area contributed by atoms with Crippen molar-refractivity contribution in [2.75, 3.05) is 17.2 Å². The SMILES string of the molecule is O=C(CNc1ccc(-c2ccccc2)cc1)Nc1cc(F)cc(F)c1. The molecule has 0 aliphatic carbocycles. The van der Waals surface area contributed by atoms with Crippen molar-refractivity contribution < 1.29 is 13.6 Å². The number of nitrogens with one attached hydrogen (secondary N) is 2. The molecule has 0 aliphatic heterocycles. The summed E-state index contributed by atoms with van der Waals surface area (Å²) in [6.07, 6.45) is 0. The number of benzene rings is 3. The predicted octanol–water partition coefficient (Wildman–Crippen LogP) is 4.68. The van der Waals surface area contributed by atoms with Gasteiger partial charge in [0, 0.05) is 17.4 Å². The van der Waals surface area contributed by atoms with Crippen molar-refractivity contribution in [3.05, 3.63) is 84.4 Å². The van der Waals surface area contributed by atoms with Gasteiger partial charge in [-0.05, 0) is 35.4 Å². The second-order valence-corrected chi connectivity index (χ2v) is 5.50. The summed E-state index contributed by atoms with van der Waals surface area (Å²) in [5.41, 5.74) is 3.05. The van der Waals surface area contributed by atoms with Crippen molar-refractivity contribution in [1.82, 2.24) is 0 Å². The zero-order valence-electron chi connectivity index (χ0n) is 13.3. The zero-order valence-corrected chi connectivity index (χ0v) is 13.3. The van der Waals surface area contributed by atoms with E-state index in [1.165, 1.54) is 0 Å². The molecule has 3 nitrogen and oxygen atoms in total. The van der Waals surface area contributed by atoms with E-state index in [-0.39, 0.29) is 12.2 Å². The second kappa shape index (κ2) is 7.57. The Bertz CT molecular complexity index is 844. The molecular formula is C20H16F2N2O. The fraction of sp³-hybridized carbons (Fsp3) is 0.0500. The number of anilines is 2. The molecular weight excluding hydrogens is 322 g/mol. The molecule has 0 radical (unpaired) electrons. The van der Waals surface area contributed by atoms with E-state index in [9.17, 15) is 13.6 Å². The minimum atomic E-state index is -0.736. The smallest absolute Gasteiger partial charge is 0.243 e. The van der Waals surface area contributed by atoms with E-state index < -0.39 is 17.5 Å². The van der Waals surface area contributed by atoms with Crippen LogP contribution in [0.5, 0.6) is 0 Å². The molecule has 0 bridgehead atoms. The largest absolute Gasteiger partial charge is 0.376 e. The van der Waals surface area contributed by atoms with Crippen LogP contribution in [0.15, 0.2) is 72.8 Å². The minimum absolute atomic E-state index is 0.0111. The lowest BCUT2D eigenvalue weighted by molar-refractivity contribution is -0.114. The Morgan fingerprint density at radius 1 is 0.760 bits per heavy atom. The fourth-order valence-electron chi connectivity index (χ4n) is 2.42. The third kappa shape index (κ3) is 4.64. The van der Waals surface area contributed by atoms with Crippen LogP contribution in [-0.4, -0.2) is 12.5 Å². The molecule has 0 fully saturated rings. The van der Waals surface area contributed by atoms with Crippen molar-refractivity contribution in [2.24, 2.45) is 0 Å². The lowest BCUT2D eigenvalue weighted by atomic mass is 10.1. The van der Waals surface area contributed by atoms with Crippen LogP contribution in [-0.2, 0) is 4.79 Å². The van der Waals surface area contributed by atoms with Gasteiger partial charge in [-0.1, -0.05) is 42.5 Å². The molecule has 0 aromatic heterocycles. The number of halogens is 2. The quantitative estimate of drug-likeness (QED) is 0.709. The lowest BCUT2D eigenvalue weighted by Crippen LogP contribution is -2.21.